The zero-order chi connectivity index (χ0) is 18.7. The molecule has 0 aliphatic rings. The van der Waals surface area contributed by atoms with Gasteiger partial charge in [0.2, 0.25) is 5.91 Å². The normalized spacial score (nSPS) is 10.6. The van der Waals surface area contributed by atoms with E-state index in [2.05, 4.69) is 20.8 Å². The fourth-order valence-electron chi connectivity index (χ4n) is 2.56. The SMILES string of the molecule is Cc1nn(C)c(C)c1NC(=O)CNC(=O)c1cnn(-c2ccccc2)c1. The van der Waals surface area contributed by atoms with Gasteiger partial charge in [-0.05, 0) is 26.0 Å². The standard InChI is InChI=1S/C18H20N6O2/c1-12-17(13(2)23(3)22-12)21-16(25)10-19-18(26)14-9-20-24(11-14)15-7-5-4-6-8-15/h4-9,11H,10H2,1-3H3,(H,19,26)(H,21,25). The number of carbonyl (C=O) groups excluding carboxylic acids is 2. The topological polar surface area (TPSA) is 93.8 Å². The molecule has 0 atom stereocenters. The van der Waals surface area contributed by atoms with Gasteiger partial charge in [0.15, 0.2) is 0 Å². The number of para-hydroxylation sites is 1. The molecule has 0 saturated heterocycles. The van der Waals surface area contributed by atoms with Crippen LogP contribution >= 0.6 is 0 Å². The number of carbonyl (C=O) groups is 2. The van der Waals surface area contributed by atoms with Crippen LogP contribution in [0.4, 0.5) is 5.69 Å². The van der Waals surface area contributed by atoms with Crippen molar-refractivity contribution in [3.05, 3.63) is 59.7 Å². The molecule has 1 aromatic carbocycles. The number of amides is 2. The second-order valence-corrected chi connectivity index (χ2v) is 5.91. The van der Waals surface area contributed by atoms with Crippen LogP contribution in [0.15, 0.2) is 42.7 Å². The highest BCUT2D eigenvalue weighted by Crippen LogP contribution is 2.17. The molecule has 26 heavy (non-hydrogen) atoms. The minimum atomic E-state index is -0.359. The zero-order valence-electron chi connectivity index (χ0n) is 14.9. The lowest BCUT2D eigenvalue weighted by molar-refractivity contribution is -0.115. The number of anilines is 1. The highest BCUT2D eigenvalue weighted by molar-refractivity contribution is 5.99. The van der Waals surface area contributed by atoms with E-state index in [0.717, 1.165) is 17.1 Å². The van der Waals surface area contributed by atoms with Gasteiger partial charge in [-0.2, -0.15) is 10.2 Å². The first kappa shape index (κ1) is 17.4. The van der Waals surface area contributed by atoms with E-state index >= 15 is 0 Å². The Hall–Kier alpha value is -3.42. The second kappa shape index (κ2) is 7.22. The van der Waals surface area contributed by atoms with Crippen LogP contribution in [0.2, 0.25) is 0 Å². The lowest BCUT2D eigenvalue weighted by atomic mass is 10.3. The minimum absolute atomic E-state index is 0.136. The van der Waals surface area contributed by atoms with Crippen LogP contribution in [0.5, 0.6) is 0 Å². The first-order chi connectivity index (χ1) is 12.5. The molecule has 8 nitrogen and oxygen atoms in total. The van der Waals surface area contributed by atoms with Crippen molar-refractivity contribution in [2.75, 3.05) is 11.9 Å². The molecule has 0 fully saturated rings. The van der Waals surface area contributed by atoms with E-state index in [1.807, 2.05) is 51.2 Å². The van der Waals surface area contributed by atoms with Crippen LogP contribution in [0.25, 0.3) is 5.69 Å². The van der Waals surface area contributed by atoms with Gasteiger partial charge in [-0.15, -0.1) is 0 Å². The Morgan fingerprint density at radius 2 is 1.88 bits per heavy atom. The summed E-state index contributed by atoms with van der Waals surface area (Å²) < 4.78 is 3.30. The summed E-state index contributed by atoms with van der Waals surface area (Å²) in [6, 6.07) is 9.47. The third-order valence-corrected chi connectivity index (χ3v) is 4.05. The van der Waals surface area contributed by atoms with Crippen LogP contribution in [-0.4, -0.2) is 37.9 Å². The maximum atomic E-state index is 12.2. The number of aryl methyl sites for hydroxylation is 2. The molecule has 0 spiro atoms. The molecule has 8 heteroatoms. The van der Waals surface area contributed by atoms with Crippen molar-refractivity contribution >= 4 is 17.5 Å². The van der Waals surface area contributed by atoms with Crippen molar-refractivity contribution in [1.82, 2.24) is 24.9 Å². The monoisotopic (exact) mass is 352 g/mol. The van der Waals surface area contributed by atoms with Crippen LogP contribution < -0.4 is 10.6 Å². The lowest BCUT2D eigenvalue weighted by Crippen LogP contribution is -2.32. The van der Waals surface area contributed by atoms with Crippen molar-refractivity contribution in [2.24, 2.45) is 7.05 Å². The molecule has 0 saturated carbocycles. The highest BCUT2D eigenvalue weighted by atomic mass is 16.2. The molecule has 134 valence electrons. The van der Waals surface area contributed by atoms with E-state index in [1.54, 1.807) is 15.6 Å². The predicted molar refractivity (Wildman–Crippen MR) is 97.2 cm³/mol. The number of benzene rings is 1. The van der Waals surface area contributed by atoms with Gasteiger partial charge in [-0.1, -0.05) is 18.2 Å². The summed E-state index contributed by atoms with van der Waals surface area (Å²) >= 11 is 0. The summed E-state index contributed by atoms with van der Waals surface area (Å²) in [5, 5.41) is 13.8. The Bertz CT molecular complexity index is 942. The molecule has 0 bridgehead atoms. The first-order valence-electron chi connectivity index (χ1n) is 8.14. The first-order valence-corrected chi connectivity index (χ1v) is 8.14. The molecule has 0 unspecified atom stereocenters. The molecular weight excluding hydrogens is 332 g/mol. The van der Waals surface area contributed by atoms with Crippen LogP contribution in [-0.2, 0) is 11.8 Å². The molecule has 3 rings (SSSR count). The summed E-state index contributed by atoms with van der Waals surface area (Å²) in [5.74, 6) is -0.671. The van der Waals surface area contributed by atoms with E-state index in [1.165, 1.54) is 6.20 Å². The van der Waals surface area contributed by atoms with Crippen molar-refractivity contribution < 1.29 is 9.59 Å². The van der Waals surface area contributed by atoms with E-state index in [9.17, 15) is 9.59 Å². The maximum absolute atomic E-state index is 12.2. The van der Waals surface area contributed by atoms with E-state index < -0.39 is 0 Å². The van der Waals surface area contributed by atoms with Crippen LogP contribution in [0.3, 0.4) is 0 Å². The summed E-state index contributed by atoms with van der Waals surface area (Å²) in [6.45, 7) is 3.55. The van der Waals surface area contributed by atoms with Crippen molar-refractivity contribution in [3.8, 4) is 5.69 Å². The number of hydrogen-bond donors (Lipinski definition) is 2. The molecule has 0 aliphatic carbocycles. The number of nitrogens with one attached hydrogen (secondary N) is 2. The molecule has 0 aliphatic heterocycles. The number of nitrogens with zero attached hydrogens (tertiary/aromatic N) is 4. The van der Waals surface area contributed by atoms with Crippen molar-refractivity contribution in [2.45, 2.75) is 13.8 Å². The van der Waals surface area contributed by atoms with Crippen molar-refractivity contribution in [3.63, 3.8) is 0 Å². The van der Waals surface area contributed by atoms with Gasteiger partial charge in [-0.25, -0.2) is 4.68 Å². The van der Waals surface area contributed by atoms with Gasteiger partial charge >= 0.3 is 0 Å². The fraction of sp³-hybridized carbons (Fsp3) is 0.222. The van der Waals surface area contributed by atoms with Gasteiger partial charge in [0.05, 0.1) is 41.1 Å². The third-order valence-electron chi connectivity index (χ3n) is 4.05. The number of rotatable bonds is 5. The quantitative estimate of drug-likeness (QED) is 0.729. The fourth-order valence-corrected chi connectivity index (χ4v) is 2.56. The summed E-state index contributed by atoms with van der Waals surface area (Å²) in [4.78, 5) is 24.3. The average Bonchev–Trinajstić information content (AvgIpc) is 3.22. The smallest absolute Gasteiger partial charge is 0.254 e. The Balaban J connectivity index is 1.59. The van der Waals surface area contributed by atoms with Gasteiger partial charge in [0.25, 0.3) is 5.91 Å². The minimum Gasteiger partial charge on any atom is -0.343 e. The van der Waals surface area contributed by atoms with Crippen LogP contribution in [0.1, 0.15) is 21.7 Å². The zero-order valence-corrected chi connectivity index (χ0v) is 14.9. The summed E-state index contributed by atoms with van der Waals surface area (Å²) in [5.41, 5.74) is 3.49. The van der Waals surface area contributed by atoms with E-state index in [4.69, 9.17) is 0 Å². The molecule has 2 aromatic heterocycles. The van der Waals surface area contributed by atoms with Crippen LogP contribution in [0, 0.1) is 13.8 Å². The second-order valence-electron chi connectivity index (χ2n) is 5.91. The predicted octanol–water partition coefficient (Wildman–Crippen LogP) is 1.59. The molecular formula is C18H20N6O2. The van der Waals surface area contributed by atoms with E-state index in [-0.39, 0.29) is 18.4 Å². The molecule has 3 aromatic rings. The summed E-state index contributed by atoms with van der Waals surface area (Å²) in [6.07, 6.45) is 3.09. The maximum Gasteiger partial charge on any atom is 0.254 e. The Morgan fingerprint density at radius 3 is 2.54 bits per heavy atom. The van der Waals surface area contributed by atoms with Gasteiger partial charge in [-0.3, -0.25) is 14.3 Å². The lowest BCUT2D eigenvalue weighted by Gasteiger charge is -2.06. The van der Waals surface area contributed by atoms with E-state index in [0.29, 0.717) is 11.3 Å². The largest absolute Gasteiger partial charge is 0.343 e. The van der Waals surface area contributed by atoms with Gasteiger partial charge < -0.3 is 10.6 Å². The molecule has 2 heterocycles. The molecule has 0 radical (unpaired) electrons. The van der Waals surface area contributed by atoms with Gasteiger partial charge in [0, 0.05) is 13.2 Å². The summed E-state index contributed by atoms with van der Waals surface area (Å²) in [7, 11) is 1.81. The number of aromatic nitrogens is 4. The highest BCUT2D eigenvalue weighted by Gasteiger charge is 2.14. The number of hydrogen-bond acceptors (Lipinski definition) is 4. The molecule has 2 N–H and O–H groups in total. The Morgan fingerprint density at radius 1 is 1.15 bits per heavy atom. The Labute approximate surface area is 150 Å². The van der Waals surface area contributed by atoms with Crippen molar-refractivity contribution in [1.29, 1.82) is 0 Å². The molecule has 2 amide bonds. The average molecular weight is 352 g/mol. The van der Waals surface area contributed by atoms with Gasteiger partial charge in [0.1, 0.15) is 0 Å². The Kier molecular flexibility index (Phi) is 4.83. The third kappa shape index (κ3) is 3.64.